The molecule has 1 heterocycles. The van der Waals surface area contributed by atoms with Gasteiger partial charge in [-0.15, -0.1) is 11.3 Å². The number of hydrogen-bond acceptors (Lipinski definition) is 2. The van der Waals surface area contributed by atoms with Crippen molar-refractivity contribution in [3.63, 3.8) is 0 Å². The van der Waals surface area contributed by atoms with Gasteiger partial charge >= 0.3 is 0 Å². The van der Waals surface area contributed by atoms with Crippen molar-refractivity contribution >= 4 is 27.3 Å². The van der Waals surface area contributed by atoms with Gasteiger partial charge in [0.2, 0.25) is 0 Å². The summed E-state index contributed by atoms with van der Waals surface area (Å²) in [7, 11) is 0. The third-order valence-electron chi connectivity index (χ3n) is 3.07. The van der Waals surface area contributed by atoms with E-state index in [0.29, 0.717) is 10.5 Å². The minimum atomic E-state index is -0.220. The molecule has 0 fully saturated rings. The molecule has 2 rings (SSSR count). The standard InChI is InChI=1S/C15H17BrFNS/c1-10(8-13-4-3-7-19-13)18-11(2)12-5-6-15(17)14(16)9-12/h3-7,9-11,18H,8H2,1-2H3. The number of rotatable bonds is 5. The summed E-state index contributed by atoms with van der Waals surface area (Å²) in [4.78, 5) is 1.38. The second kappa shape index (κ2) is 6.64. The molecule has 2 unspecified atom stereocenters. The first-order chi connectivity index (χ1) is 9.06. The minimum absolute atomic E-state index is 0.201. The first-order valence-electron chi connectivity index (χ1n) is 6.29. The van der Waals surface area contributed by atoms with Gasteiger partial charge < -0.3 is 5.32 Å². The van der Waals surface area contributed by atoms with E-state index in [9.17, 15) is 4.39 Å². The normalized spacial score (nSPS) is 14.3. The number of nitrogens with one attached hydrogen (secondary N) is 1. The summed E-state index contributed by atoms with van der Waals surface area (Å²) >= 11 is 5.01. The second-order valence-electron chi connectivity index (χ2n) is 4.75. The topological polar surface area (TPSA) is 12.0 Å². The van der Waals surface area contributed by atoms with Crippen molar-refractivity contribution < 1.29 is 4.39 Å². The molecule has 2 aromatic rings. The van der Waals surface area contributed by atoms with E-state index in [-0.39, 0.29) is 11.9 Å². The second-order valence-corrected chi connectivity index (χ2v) is 6.63. The Morgan fingerprint density at radius 3 is 2.74 bits per heavy atom. The number of halogens is 2. The molecule has 19 heavy (non-hydrogen) atoms. The zero-order valence-electron chi connectivity index (χ0n) is 11.0. The quantitative estimate of drug-likeness (QED) is 0.812. The highest BCUT2D eigenvalue weighted by atomic mass is 79.9. The van der Waals surface area contributed by atoms with Gasteiger partial charge in [0.1, 0.15) is 5.82 Å². The average Bonchev–Trinajstić information content (AvgIpc) is 2.85. The largest absolute Gasteiger partial charge is 0.307 e. The van der Waals surface area contributed by atoms with Crippen LogP contribution in [0, 0.1) is 5.82 Å². The van der Waals surface area contributed by atoms with E-state index < -0.39 is 0 Å². The van der Waals surface area contributed by atoms with E-state index in [1.165, 1.54) is 10.9 Å². The highest BCUT2D eigenvalue weighted by molar-refractivity contribution is 9.10. The minimum Gasteiger partial charge on any atom is -0.307 e. The predicted molar refractivity (Wildman–Crippen MR) is 83.1 cm³/mol. The summed E-state index contributed by atoms with van der Waals surface area (Å²) in [5.41, 5.74) is 1.09. The van der Waals surface area contributed by atoms with Crippen LogP contribution in [0.2, 0.25) is 0 Å². The molecule has 0 saturated carbocycles. The Labute approximate surface area is 126 Å². The summed E-state index contributed by atoms with van der Waals surface area (Å²) in [5, 5.41) is 5.64. The Hall–Kier alpha value is -0.710. The molecule has 0 spiro atoms. The SMILES string of the molecule is CC(Cc1cccs1)NC(C)c1ccc(F)c(Br)c1. The lowest BCUT2D eigenvalue weighted by atomic mass is 10.1. The number of thiophene rings is 1. The van der Waals surface area contributed by atoms with Gasteiger partial charge in [0, 0.05) is 17.0 Å². The molecule has 1 aromatic heterocycles. The van der Waals surface area contributed by atoms with Crippen LogP contribution in [0.4, 0.5) is 4.39 Å². The van der Waals surface area contributed by atoms with Crippen molar-refractivity contribution in [1.29, 1.82) is 0 Å². The van der Waals surface area contributed by atoms with Gasteiger partial charge in [-0.1, -0.05) is 12.1 Å². The Morgan fingerprint density at radius 2 is 2.11 bits per heavy atom. The maximum Gasteiger partial charge on any atom is 0.137 e. The molecule has 0 bridgehead atoms. The van der Waals surface area contributed by atoms with Crippen molar-refractivity contribution in [3.05, 3.63) is 56.4 Å². The van der Waals surface area contributed by atoms with Crippen molar-refractivity contribution in [2.45, 2.75) is 32.4 Å². The highest BCUT2D eigenvalue weighted by Gasteiger charge is 2.12. The maximum atomic E-state index is 13.2. The third kappa shape index (κ3) is 4.13. The van der Waals surface area contributed by atoms with Gasteiger partial charge in [0.05, 0.1) is 4.47 Å². The van der Waals surface area contributed by atoms with Crippen molar-refractivity contribution in [2.24, 2.45) is 0 Å². The zero-order chi connectivity index (χ0) is 13.8. The summed E-state index contributed by atoms with van der Waals surface area (Å²) in [6, 6.07) is 9.99. The Kier molecular flexibility index (Phi) is 5.13. The van der Waals surface area contributed by atoms with Crippen LogP contribution in [0.15, 0.2) is 40.2 Å². The molecule has 0 aliphatic rings. The molecule has 1 N–H and O–H groups in total. The average molecular weight is 342 g/mol. The van der Waals surface area contributed by atoms with Gasteiger partial charge in [-0.05, 0) is 65.3 Å². The van der Waals surface area contributed by atoms with Crippen LogP contribution in [0.3, 0.4) is 0 Å². The fourth-order valence-electron chi connectivity index (χ4n) is 2.09. The van der Waals surface area contributed by atoms with Crippen LogP contribution in [-0.2, 0) is 6.42 Å². The fourth-order valence-corrected chi connectivity index (χ4v) is 3.33. The van der Waals surface area contributed by atoms with Crippen LogP contribution in [0.1, 0.15) is 30.3 Å². The van der Waals surface area contributed by atoms with Crippen LogP contribution >= 0.6 is 27.3 Å². The Bertz CT molecular complexity index is 527. The van der Waals surface area contributed by atoms with Crippen molar-refractivity contribution in [1.82, 2.24) is 5.32 Å². The molecule has 0 amide bonds. The molecule has 0 aliphatic carbocycles. The lowest BCUT2D eigenvalue weighted by Crippen LogP contribution is -2.30. The smallest absolute Gasteiger partial charge is 0.137 e. The molecular formula is C15H17BrFNS. The van der Waals surface area contributed by atoms with E-state index in [2.05, 4.69) is 52.6 Å². The molecule has 102 valence electrons. The molecule has 1 nitrogen and oxygen atoms in total. The van der Waals surface area contributed by atoms with E-state index in [1.807, 2.05) is 12.1 Å². The highest BCUT2D eigenvalue weighted by Crippen LogP contribution is 2.22. The molecule has 0 radical (unpaired) electrons. The molecule has 2 atom stereocenters. The van der Waals surface area contributed by atoms with Crippen molar-refractivity contribution in [2.75, 3.05) is 0 Å². The predicted octanol–water partition coefficient (Wildman–Crippen LogP) is 4.93. The summed E-state index contributed by atoms with van der Waals surface area (Å²) in [5.74, 6) is -0.220. The van der Waals surface area contributed by atoms with Gasteiger partial charge in [0.15, 0.2) is 0 Å². The Balaban J connectivity index is 1.96. The van der Waals surface area contributed by atoms with E-state index in [1.54, 1.807) is 11.3 Å². The first kappa shape index (κ1) is 14.7. The van der Waals surface area contributed by atoms with Gasteiger partial charge in [-0.25, -0.2) is 4.39 Å². The first-order valence-corrected chi connectivity index (χ1v) is 7.97. The van der Waals surface area contributed by atoms with E-state index in [0.717, 1.165) is 12.0 Å². The van der Waals surface area contributed by atoms with Crippen molar-refractivity contribution in [3.8, 4) is 0 Å². The monoisotopic (exact) mass is 341 g/mol. The molecule has 0 saturated heterocycles. The lowest BCUT2D eigenvalue weighted by molar-refractivity contribution is 0.478. The van der Waals surface area contributed by atoms with Crippen LogP contribution in [0.25, 0.3) is 0 Å². The van der Waals surface area contributed by atoms with Crippen LogP contribution in [0.5, 0.6) is 0 Å². The summed E-state index contributed by atoms with van der Waals surface area (Å²) < 4.78 is 13.7. The van der Waals surface area contributed by atoms with Gasteiger partial charge in [0.25, 0.3) is 0 Å². The molecule has 4 heteroatoms. The van der Waals surface area contributed by atoms with Gasteiger partial charge in [-0.2, -0.15) is 0 Å². The zero-order valence-corrected chi connectivity index (χ0v) is 13.4. The van der Waals surface area contributed by atoms with E-state index >= 15 is 0 Å². The fraction of sp³-hybridized carbons (Fsp3) is 0.333. The number of hydrogen-bond donors (Lipinski definition) is 1. The summed E-state index contributed by atoms with van der Waals surface area (Å²) in [6.07, 6.45) is 1.02. The Morgan fingerprint density at radius 1 is 1.32 bits per heavy atom. The van der Waals surface area contributed by atoms with Crippen LogP contribution < -0.4 is 5.32 Å². The van der Waals surface area contributed by atoms with E-state index in [4.69, 9.17) is 0 Å². The van der Waals surface area contributed by atoms with Crippen LogP contribution in [-0.4, -0.2) is 6.04 Å². The molecule has 0 aliphatic heterocycles. The third-order valence-corrected chi connectivity index (χ3v) is 4.57. The number of benzene rings is 1. The lowest BCUT2D eigenvalue weighted by Gasteiger charge is -2.20. The maximum absolute atomic E-state index is 13.2. The summed E-state index contributed by atoms with van der Waals surface area (Å²) in [6.45, 7) is 4.28. The molecular weight excluding hydrogens is 325 g/mol. The molecule has 1 aromatic carbocycles. The van der Waals surface area contributed by atoms with Gasteiger partial charge in [-0.3, -0.25) is 0 Å².